The second-order valence-electron chi connectivity index (χ2n) is 8.45. The fraction of sp³-hybridized carbons (Fsp3) is 0.240. The van der Waals surface area contributed by atoms with Crippen molar-refractivity contribution in [3.8, 4) is 0 Å². The maximum absolute atomic E-state index is 13.0. The number of hydrogen-bond acceptors (Lipinski definition) is 6. The Kier molecular flexibility index (Phi) is 7.46. The Labute approximate surface area is 211 Å². The van der Waals surface area contributed by atoms with Gasteiger partial charge in [0.15, 0.2) is 0 Å². The average molecular weight is 530 g/mol. The Morgan fingerprint density at radius 2 is 1.56 bits per heavy atom. The molecule has 3 aromatic rings. The van der Waals surface area contributed by atoms with Crippen molar-refractivity contribution in [3.63, 3.8) is 0 Å². The van der Waals surface area contributed by atoms with Gasteiger partial charge in [0.25, 0.3) is 15.9 Å². The van der Waals surface area contributed by atoms with Gasteiger partial charge in [-0.15, -0.1) is 0 Å². The molecule has 3 aromatic carbocycles. The topological polar surface area (TPSA) is 122 Å². The first-order valence-corrected chi connectivity index (χ1v) is 14.2. The maximum Gasteiger partial charge on any atom is 0.262 e. The van der Waals surface area contributed by atoms with Crippen LogP contribution in [0.5, 0.6) is 0 Å². The monoisotopic (exact) mass is 529 g/mol. The number of ether oxygens (including phenoxy) is 1. The van der Waals surface area contributed by atoms with E-state index in [1.54, 1.807) is 31.2 Å². The minimum absolute atomic E-state index is 0.0105. The molecule has 1 aliphatic rings. The summed E-state index contributed by atoms with van der Waals surface area (Å²) in [4.78, 5) is 13.0. The summed E-state index contributed by atoms with van der Waals surface area (Å²) in [5, 5.41) is 2.69. The molecule has 0 bridgehead atoms. The minimum atomic E-state index is -3.93. The van der Waals surface area contributed by atoms with Gasteiger partial charge in [0, 0.05) is 30.0 Å². The zero-order valence-corrected chi connectivity index (χ0v) is 21.5. The van der Waals surface area contributed by atoms with Gasteiger partial charge in [-0.3, -0.25) is 9.52 Å². The van der Waals surface area contributed by atoms with Crippen molar-refractivity contribution in [2.45, 2.75) is 23.6 Å². The Morgan fingerprint density at radius 1 is 0.861 bits per heavy atom. The highest BCUT2D eigenvalue weighted by Crippen LogP contribution is 2.23. The van der Waals surface area contributed by atoms with Crippen LogP contribution in [0.3, 0.4) is 0 Å². The number of aryl methyl sites for hydroxylation is 2. The molecular weight excluding hydrogens is 502 g/mol. The summed E-state index contributed by atoms with van der Waals surface area (Å²) in [6.07, 6.45) is 0. The molecule has 0 aromatic heterocycles. The lowest BCUT2D eigenvalue weighted by molar-refractivity contribution is 0.0730. The zero-order valence-electron chi connectivity index (χ0n) is 19.9. The molecule has 0 aliphatic carbocycles. The molecule has 0 atom stereocenters. The van der Waals surface area contributed by atoms with Crippen LogP contribution in [-0.2, 0) is 24.8 Å². The van der Waals surface area contributed by atoms with Crippen molar-refractivity contribution in [2.75, 3.05) is 36.3 Å². The third-order valence-corrected chi connectivity index (χ3v) is 9.17. The molecule has 0 saturated carbocycles. The highest BCUT2D eigenvalue weighted by molar-refractivity contribution is 7.92. The fourth-order valence-electron chi connectivity index (χ4n) is 3.80. The molecule has 0 radical (unpaired) electrons. The Balaban J connectivity index is 1.51. The predicted octanol–water partition coefficient (Wildman–Crippen LogP) is 3.38. The molecule has 190 valence electrons. The van der Waals surface area contributed by atoms with Crippen LogP contribution >= 0.6 is 0 Å². The average Bonchev–Trinajstić information content (AvgIpc) is 2.85. The maximum atomic E-state index is 13.0. The molecule has 1 saturated heterocycles. The van der Waals surface area contributed by atoms with Gasteiger partial charge in [0.1, 0.15) is 0 Å². The third kappa shape index (κ3) is 5.76. The number of nitrogens with zero attached hydrogens (tertiary/aromatic N) is 1. The molecule has 0 unspecified atom stereocenters. The molecule has 4 rings (SSSR count). The summed E-state index contributed by atoms with van der Waals surface area (Å²) >= 11 is 0. The van der Waals surface area contributed by atoms with E-state index in [0.29, 0.717) is 30.2 Å². The number of sulfonamides is 2. The van der Waals surface area contributed by atoms with Crippen molar-refractivity contribution >= 4 is 37.3 Å². The van der Waals surface area contributed by atoms with Crippen LogP contribution < -0.4 is 10.0 Å². The summed E-state index contributed by atoms with van der Waals surface area (Å²) in [5.74, 6) is -0.522. The lowest BCUT2D eigenvalue weighted by Gasteiger charge is -2.26. The van der Waals surface area contributed by atoms with Crippen LogP contribution in [0.15, 0.2) is 76.5 Å². The van der Waals surface area contributed by atoms with E-state index < -0.39 is 26.0 Å². The number of nitrogens with one attached hydrogen (secondary N) is 2. The molecule has 1 fully saturated rings. The molecule has 9 nitrogen and oxygen atoms in total. The van der Waals surface area contributed by atoms with E-state index in [1.165, 1.54) is 40.7 Å². The second kappa shape index (κ2) is 10.4. The lowest BCUT2D eigenvalue weighted by atomic mass is 10.1. The fourth-order valence-corrected chi connectivity index (χ4v) is 6.53. The predicted molar refractivity (Wildman–Crippen MR) is 137 cm³/mol. The quantitative estimate of drug-likeness (QED) is 0.484. The minimum Gasteiger partial charge on any atom is -0.379 e. The second-order valence-corrected chi connectivity index (χ2v) is 12.0. The van der Waals surface area contributed by atoms with Crippen LogP contribution in [0.2, 0.25) is 0 Å². The van der Waals surface area contributed by atoms with Crippen molar-refractivity contribution in [1.29, 1.82) is 0 Å². The van der Waals surface area contributed by atoms with Crippen molar-refractivity contribution in [1.82, 2.24) is 4.31 Å². The molecule has 1 amide bonds. The SMILES string of the molecule is Cc1cccc(NS(=O)(=O)c2cc(C(=O)Nc3ccc(S(=O)(=O)N4CCOCC4)cc3)ccc2C)c1. The highest BCUT2D eigenvalue weighted by atomic mass is 32.2. The van der Waals surface area contributed by atoms with Crippen molar-refractivity contribution in [3.05, 3.63) is 83.4 Å². The first-order valence-electron chi connectivity index (χ1n) is 11.3. The van der Waals surface area contributed by atoms with Crippen LogP contribution in [-0.4, -0.2) is 53.4 Å². The number of anilines is 2. The summed E-state index contributed by atoms with van der Waals surface area (Å²) < 4.78 is 60.7. The Hall–Kier alpha value is -3.25. The number of morpholine rings is 1. The molecule has 1 heterocycles. The summed E-state index contributed by atoms with van der Waals surface area (Å²) in [6.45, 7) is 4.79. The van der Waals surface area contributed by atoms with Gasteiger partial charge in [0.2, 0.25) is 10.0 Å². The number of amides is 1. The summed E-state index contributed by atoms with van der Waals surface area (Å²) in [6, 6.07) is 17.2. The first-order chi connectivity index (χ1) is 17.1. The van der Waals surface area contributed by atoms with Crippen LogP contribution in [0.1, 0.15) is 21.5 Å². The molecule has 2 N–H and O–H groups in total. The van der Waals surface area contributed by atoms with E-state index in [4.69, 9.17) is 4.74 Å². The number of benzene rings is 3. The molecule has 1 aliphatic heterocycles. The highest BCUT2D eigenvalue weighted by Gasteiger charge is 2.26. The molecule has 0 spiro atoms. The number of carbonyl (C=O) groups is 1. The number of hydrogen-bond donors (Lipinski definition) is 2. The molecular formula is C25H27N3O6S2. The van der Waals surface area contributed by atoms with Crippen LogP contribution in [0, 0.1) is 13.8 Å². The number of carbonyl (C=O) groups excluding carboxylic acids is 1. The van der Waals surface area contributed by atoms with Gasteiger partial charge in [-0.25, -0.2) is 16.8 Å². The Bertz CT molecular complexity index is 1480. The zero-order chi connectivity index (χ0) is 25.9. The van der Waals surface area contributed by atoms with E-state index in [1.807, 2.05) is 13.0 Å². The Morgan fingerprint density at radius 3 is 2.22 bits per heavy atom. The van der Waals surface area contributed by atoms with Gasteiger partial charge in [-0.1, -0.05) is 18.2 Å². The molecule has 11 heteroatoms. The van der Waals surface area contributed by atoms with Gasteiger partial charge >= 0.3 is 0 Å². The van der Waals surface area contributed by atoms with Crippen LogP contribution in [0.4, 0.5) is 11.4 Å². The van der Waals surface area contributed by atoms with E-state index in [9.17, 15) is 21.6 Å². The van der Waals surface area contributed by atoms with Crippen molar-refractivity contribution < 1.29 is 26.4 Å². The largest absolute Gasteiger partial charge is 0.379 e. The summed E-state index contributed by atoms with van der Waals surface area (Å²) in [7, 11) is -7.58. The standard InChI is InChI=1S/C25H27N3O6S2/c1-18-4-3-5-22(16-18)27-35(30,31)24-17-20(7-6-19(24)2)25(29)26-21-8-10-23(11-9-21)36(32,33)28-12-14-34-15-13-28/h3-11,16-17,27H,12-15H2,1-2H3,(H,26,29). The normalized spacial score (nSPS) is 14.8. The summed E-state index contributed by atoms with van der Waals surface area (Å²) in [5.41, 5.74) is 2.35. The van der Waals surface area contributed by atoms with E-state index in [2.05, 4.69) is 10.0 Å². The van der Waals surface area contributed by atoms with Crippen LogP contribution in [0.25, 0.3) is 0 Å². The first kappa shape index (κ1) is 25.8. The molecule has 36 heavy (non-hydrogen) atoms. The number of rotatable bonds is 7. The van der Waals surface area contributed by atoms with E-state index in [-0.39, 0.29) is 28.4 Å². The van der Waals surface area contributed by atoms with Gasteiger partial charge in [-0.05, 0) is 73.5 Å². The van der Waals surface area contributed by atoms with Gasteiger partial charge in [-0.2, -0.15) is 4.31 Å². The van der Waals surface area contributed by atoms with Gasteiger partial charge in [0.05, 0.1) is 23.0 Å². The van der Waals surface area contributed by atoms with E-state index >= 15 is 0 Å². The lowest BCUT2D eigenvalue weighted by Crippen LogP contribution is -2.40. The smallest absolute Gasteiger partial charge is 0.262 e. The van der Waals surface area contributed by atoms with Crippen molar-refractivity contribution in [2.24, 2.45) is 0 Å². The van der Waals surface area contributed by atoms with E-state index in [0.717, 1.165) is 5.56 Å². The van der Waals surface area contributed by atoms with Gasteiger partial charge < -0.3 is 10.1 Å². The third-order valence-electron chi connectivity index (χ3n) is 5.73.